The van der Waals surface area contributed by atoms with Gasteiger partial charge in [-0.3, -0.25) is 0 Å². The van der Waals surface area contributed by atoms with E-state index in [2.05, 4.69) is 72.2 Å². The minimum Gasteiger partial charge on any atom is -0.310 e. The van der Waals surface area contributed by atoms with Crippen LogP contribution in [0.3, 0.4) is 0 Å². The van der Waals surface area contributed by atoms with Crippen LogP contribution < -0.4 is 5.32 Å². The molecule has 2 heteroatoms. The molecular formula is C18H19NS. The summed E-state index contributed by atoms with van der Waals surface area (Å²) in [6.45, 7) is 3.16. The molecule has 0 fully saturated rings. The number of likely N-dealkylation sites (N-methyl/N-ethyl adjacent to an activating group) is 1. The molecule has 3 rings (SSSR count). The Morgan fingerprint density at radius 2 is 1.75 bits per heavy atom. The molecule has 0 spiro atoms. The zero-order valence-corrected chi connectivity index (χ0v) is 12.5. The Bertz CT molecular complexity index is 672. The van der Waals surface area contributed by atoms with Crippen LogP contribution >= 0.6 is 11.3 Å². The molecule has 1 heterocycles. The highest BCUT2D eigenvalue weighted by Crippen LogP contribution is 2.29. The second-order valence-electron chi connectivity index (χ2n) is 4.98. The first-order valence-corrected chi connectivity index (χ1v) is 8.00. The molecule has 0 radical (unpaired) electrons. The highest BCUT2D eigenvalue weighted by Gasteiger charge is 2.13. The summed E-state index contributed by atoms with van der Waals surface area (Å²) in [4.78, 5) is 0. The van der Waals surface area contributed by atoms with E-state index in [9.17, 15) is 0 Å². The van der Waals surface area contributed by atoms with Crippen molar-refractivity contribution < 1.29 is 0 Å². The van der Waals surface area contributed by atoms with Gasteiger partial charge in [0.1, 0.15) is 0 Å². The van der Waals surface area contributed by atoms with Crippen molar-refractivity contribution in [2.75, 3.05) is 6.54 Å². The van der Waals surface area contributed by atoms with Crippen molar-refractivity contribution >= 4 is 21.4 Å². The Balaban J connectivity index is 1.90. The van der Waals surface area contributed by atoms with Gasteiger partial charge in [0.05, 0.1) is 0 Å². The molecule has 1 aromatic heterocycles. The van der Waals surface area contributed by atoms with Crippen LogP contribution in [0.5, 0.6) is 0 Å². The number of benzene rings is 2. The Morgan fingerprint density at radius 3 is 2.55 bits per heavy atom. The van der Waals surface area contributed by atoms with E-state index in [0.717, 1.165) is 13.0 Å². The lowest BCUT2D eigenvalue weighted by atomic mass is 9.98. The van der Waals surface area contributed by atoms with E-state index in [-0.39, 0.29) is 0 Å². The van der Waals surface area contributed by atoms with Crippen molar-refractivity contribution in [1.29, 1.82) is 0 Å². The van der Waals surface area contributed by atoms with E-state index in [0.29, 0.717) is 6.04 Å². The summed E-state index contributed by atoms with van der Waals surface area (Å²) in [5, 5.41) is 7.31. The van der Waals surface area contributed by atoms with Gasteiger partial charge in [0.2, 0.25) is 0 Å². The van der Waals surface area contributed by atoms with E-state index in [1.165, 1.54) is 21.2 Å². The van der Waals surface area contributed by atoms with Gasteiger partial charge in [-0.05, 0) is 40.9 Å². The molecule has 2 aromatic carbocycles. The monoisotopic (exact) mass is 281 g/mol. The summed E-state index contributed by atoms with van der Waals surface area (Å²) in [7, 11) is 0. The summed E-state index contributed by atoms with van der Waals surface area (Å²) in [6, 6.07) is 19.8. The molecule has 0 aliphatic carbocycles. The molecule has 1 N–H and O–H groups in total. The van der Waals surface area contributed by atoms with Gasteiger partial charge in [0.25, 0.3) is 0 Å². The van der Waals surface area contributed by atoms with Crippen molar-refractivity contribution in [1.82, 2.24) is 5.32 Å². The van der Waals surface area contributed by atoms with Gasteiger partial charge in [0.15, 0.2) is 0 Å². The summed E-state index contributed by atoms with van der Waals surface area (Å²) < 4.78 is 1.38. The largest absolute Gasteiger partial charge is 0.310 e. The van der Waals surface area contributed by atoms with Crippen molar-refractivity contribution in [3.8, 4) is 0 Å². The fraction of sp³-hybridized carbons (Fsp3) is 0.222. The maximum absolute atomic E-state index is 3.61. The van der Waals surface area contributed by atoms with Crippen LogP contribution in [-0.4, -0.2) is 6.54 Å². The molecule has 0 saturated heterocycles. The first-order chi connectivity index (χ1) is 9.88. The SMILES string of the molecule is CCNC(Cc1csc2ccccc12)c1ccccc1. The van der Waals surface area contributed by atoms with E-state index >= 15 is 0 Å². The molecule has 20 heavy (non-hydrogen) atoms. The lowest BCUT2D eigenvalue weighted by Gasteiger charge is -2.18. The van der Waals surface area contributed by atoms with Crippen molar-refractivity contribution in [3.05, 3.63) is 71.1 Å². The maximum atomic E-state index is 3.61. The Hall–Kier alpha value is -1.64. The van der Waals surface area contributed by atoms with Crippen LogP contribution in [-0.2, 0) is 6.42 Å². The van der Waals surface area contributed by atoms with Crippen LogP contribution in [0.2, 0.25) is 0 Å². The van der Waals surface area contributed by atoms with Crippen LogP contribution in [0.15, 0.2) is 60.0 Å². The average Bonchev–Trinajstić information content (AvgIpc) is 2.91. The highest BCUT2D eigenvalue weighted by molar-refractivity contribution is 7.17. The van der Waals surface area contributed by atoms with Gasteiger partial charge >= 0.3 is 0 Å². The first-order valence-electron chi connectivity index (χ1n) is 7.12. The van der Waals surface area contributed by atoms with Crippen LogP contribution in [0.1, 0.15) is 24.1 Å². The van der Waals surface area contributed by atoms with Crippen LogP contribution in [0, 0.1) is 0 Å². The van der Waals surface area contributed by atoms with E-state index in [4.69, 9.17) is 0 Å². The third kappa shape index (κ3) is 2.77. The average molecular weight is 281 g/mol. The molecule has 1 unspecified atom stereocenters. The van der Waals surface area contributed by atoms with Gasteiger partial charge in [-0.25, -0.2) is 0 Å². The quantitative estimate of drug-likeness (QED) is 0.708. The number of nitrogens with one attached hydrogen (secondary N) is 1. The van der Waals surface area contributed by atoms with E-state index in [1.807, 2.05) is 11.3 Å². The minimum absolute atomic E-state index is 0.388. The third-order valence-electron chi connectivity index (χ3n) is 3.64. The molecule has 1 atom stereocenters. The van der Waals surface area contributed by atoms with Crippen LogP contribution in [0.4, 0.5) is 0 Å². The summed E-state index contributed by atoms with van der Waals surface area (Å²) in [6.07, 6.45) is 1.04. The Kier molecular flexibility index (Phi) is 4.14. The number of thiophene rings is 1. The predicted molar refractivity (Wildman–Crippen MR) is 88.4 cm³/mol. The molecular weight excluding hydrogens is 262 g/mol. The van der Waals surface area contributed by atoms with Gasteiger partial charge in [-0.15, -0.1) is 11.3 Å². The van der Waals surface area contributed by atoms with Crippen molar-refractivity contribution in [3.63, 3.8) is 0 Å². The predicted octanol–water partition coefficient (Wildman–Crippen LogP) is 4.79. The zero-order valence-electron chi connectivity index (χ0n) is 11.7. The van der Waals surface area contributed by atoms with Crippen molar-refractivity contribution in [2.45, 2.75) is 19.4 Å². The third-order valence-corrected chi connectivity index (χ3v) is 4.65. The second-order valence-corrected chi connectivity index (χ2v) is 5.89. The molecule has 102 valence electrons. The fourth-order valence-electron chi connectivity index (χ4n) is 2.65. The standard InChI is InChI=1S/C18H19NS/c1-2-19-17(14-8-4-3-5-9-14)12-15-13-20-18-11-7-6-10-16(15)18/h3-11,13,17,19H,2,12H2,1H3. The molecule has 3 aromatic rings. The van der Waals surface area contributed by atoms with Gasteiger partial charge in [-0.2, -0.15) is 0 Å². The number of hydrogen-bond donors (Lipinski definition) is 1. The lowest BCUT2D eigenvalue weighted by molar-refractivity contribution is 0.552. The lowest BCUT2D eigenvalue weighted by Crippen LogP contribution is -2.22. The first kappa shape index (κ1) is 13.3. The topological polar surface area (TPSA) is 12.0 Å². The normalized spacial score (nSPS) is 12.7. The van der Waals surface area contributed by atoms with E-state index in [1.54, 1.807) is 0 Å². The number of fused-ring (bicyclic) bond motifs is 1. The second kappa shape index (κ2) is 6.21. The molecule has 1 nitrogen and oxygen atoms in total. The highest BCUT2D eigenvalue weighted by atomic mass is 32.1. The fourth-order valence-corrected chi connectivity index (χ4v) is 3.63. The van der Waals surface area contributed by atoms with Gasteiger partial charge < -0.3 is 5.32 Å². The molecule has 0 aliphatic rings. The van der Waals surface area contributed by atoms with Crippen LogP contribution in [0.25, 0.3) is 10.1 Å². The van der Waals surface area contributed by atoms with Gasteiger partial charge in [0, 0.05) is 10.7 Å². The molecule has 0 aliphatic heterocycles. The maximum Gasteiger partial charge on any atom is 0.0361 e. The van der Waals surface area contributed by atoms with Gasteiger partial charge in [-0.1, -0.05) is 55.5 Å². The summed E-state index contributed by atoms with van der Waals surface area (Å²) >= 11 is 1.84. The zero-order chi connectivity index (χ0) is 13.8. The Morgan fingerprint density at radius 1 is 1.00 bits per heavy atom. The minimum atomic E-state index is 0.388. The Labute approximate surface area is 124 Å². The number of hydrogen-bond acceptors (Lipinski definition) is 2. The van der Waals surface area contributed by atoms with Crippen molar-refractivity contribution in [2.24, 2.45) is 0 Å². The molecule has 0 amide bonds. The smallest absolute Gasteiger partial charge is 0.0361 e. The van der Waals surface area contributed by atoms with E-state index < -0.39 is 0 Å². The summed E-state index contributed by atoms with van der Waals surface area (Å²) in [5.41, 5.74) is 2.81. The number of rotatable bonds is 5. The molecule has 0 saturated carbocycles. The molecule has 0 bridgehead atoms. The summed E-state index contributed by atoms with van der Waals surface area (Å²) in [5.74, 6) is 0.